The molecule has 7 heteroatoms. The predicted octanol–water partition coefficient (Wildman–Crippen LogP) is 2.58. The minimum absolute atomic E-state index is 0.293. The van der Waals surface area contributed by atoms with Crippen LogP contribution in [0, 0.1) is 0 Å². The summed E-state index contributed by atoms with van der Waals surface area (Å²) < 4.78 is 10.4. The molecule has 0 saturated heterocycles. The fourth-order valence-corrected chi connectivity index (χ4v) is 2.36. The largest absolute Gasteiger partial charge is 0.444 e. The molecular weight excluding hydrogens is 348 g/mol. The van der Waals surface area contributed by atoms with E-state index < -0.39 is 24.0 Å². The van der Waals surface area contributed by atoms with Crippen LogP contribution in [0.5, 0.6) is 0 Å². The summed E-state index contributed by atoms with van der Waals surface area (Å²) in [6.07, 6.45) is -1.25. The van der Waals surface area contributed by atoms with Gasteiger partial charge >= 0.3 is 12.0 Å². The first-order valence-corrected chi connectivity index (χ1v) is 8.47. The zero-order valence-electron chi connectivity index (χ0n) is 15.2. The lowest BCUT2D eigenvalue weighted by molar-refractivity contribution is -0.129. The second-order valence-corrected chi connectivity index (χ2v) is 5.67. The third-order valence-electron chi connectivity index (χ3n) is 3.64. The lowest BCUT2D eigenvalue weighted by Crippen LogP contribution is -2.42. The number of carbonyl (C=O) groups is 3. The molecule has 2 aromatic carbocycles. The van der Waals surface area contributed by atoms with E-state index in [0.717, 1.165) is 5.56 Å². The van der Waals surface area contributed by atoms with Gasteiger partial charge in [0.05, 0.1) is 12.2 Å². The molecule has 2 aromatic rings. The van der Waals surface area contributed by atoms with Gasteiger partial charge in [-0.15, -0.1) is 0 Å². The van der Waals surface area contributed by atoms with Crippen LogP contribution in [0.2, 0.25) is 0 Å². The van der Waals surface area contributed by atoms with Gasteiger partial charge in [-0.05, 0) is 24.6 Å². The van der Waals surface area contributed by atoms with Gasteiger partial charge < -0.3 is 14.8 Å². The normalized spacial score (nSPS) is 11.3. The van der Waals surface area contributed by atoms with Gasteiger partial charge in [-0.1, -0.05) is 42.5 Å². The van der Waals surface area contributed by atoms with E-state index in [0.29, 0.717) is 24.3 Å². The molecule has 1 atom stereocenters. The Morgan fingerprint density at radius 3 is 2.26 bits per heavy atom. The van der Waals surface area contributed by atoms with Crippen LogP contribution in [0.15, 0.2) is 54.6 Å². The monoisotopic (exact) mass is 370 g/mol. The summed E-state index contributed by atoms with van der Waals surface area (Å²) in [7, 11) is 1.58. The Kier molecular flexibility index (Phi) is 7.51. The van der Waals surface area contributed by atoms with Crippen molar-refractivity contribution in [3.63, 3.8) is 0 Å². The van der Waals surface area contributed by atoms with E-state index >= 15 is 0 Å². The van der Waals surface area contributed by atoms with Gasteiger partial charge in [0, 0.05) is 19.2 Å². The van der Waals surface area contributed by atoms with E-state index in [1.807, 2.05) is 0 Å². The summed E-state index contributed by atoms with van der Waals surface area (Å²) in [5.41, 5.74) is 1.66. The van der Waals surface area contributed by atoms with Gasteiger partial charge in [-0.25, -0.2) is 9.59 Å². The van der Waals surface area contributed by atoms with Crippen LogP contribution in [0.25, 0.3) is 0 Å². The zero-order chi connectivity index (χ0) is 19.6. The van der Waals surface area contributed by atoms with E-state index in [-0.39, 0.29) is 0 Å². The highest BCUT2D eigenvalue weighted by Crippen LogP contribution is 2.20. The van der Waals surface area contributed by atoms with Crippen molar-refractivity contribution in [3.05, 3.63) is 71.3 Å². The number of rotatable bonds is 7. The summed E-state index contributed by atoms with van der Waals surface area (Å²) in [4.78, 5) is 36.6. The summed E-state index contributed by atoms with van der Waals surface area (Å²) >= 11 is 0. The number of imide groups is 1. The summed E-state index contributed by atoms with van der Waals surface area (Å²) in [6, 6.07) is 14.5. The highest BCUT2D eigenvalue weighted by molar-refractivity contribution is 5.99. The van der Waals surface area contributed by atoms with Crippen LogP contribution in [-0.4, -0.2) is 31.6 Å². The van der Waals surface area contributed by atoms with Gasteiger partial charge in [0.25, 0.3) is 5.91 Å². The number of ether oxygens (including phenoxy) is 2. The fourth-order valence-electron chi connectivity index (χ4n) is 2.36. The van der Waals surface area contributed by atoms with Crippen molar-refractivity contribution in [3.8, 4) is 0 Å². The molecule has 27 heavy (non-hydrogen) atoms. The first-order chi connectivity index (χ1) is 13.0. The number of benzene rings is 2. The van der Waals surface area contributed by atoms with Crippen LogP contribution >= 0.6 is 0 Å². The number of hydrogen-bond acceptors (Lipinski definition) is 5. The Labute approximate surface area is 157 Å². The Morgan fingerprint density at radius 2 is 1.67 bits per heavy atom. The standard InChI is InChI=1S/C20H22N2O5/c1-3-21-20(25)22-18(23)17(15-7-5-4-6-8-15)27-19(24)16-11-9-14(10-12-16)13-26-2/h4-12,17H,3,13H2,1-2H3,(H2,21,22,23,25)/t17-/m0/s1. The van der Waals surface area contributed by atoms with Crippen molar-refractivity contribution in [1.29, 1.82) is 0 Å². The maximum Gasteiger partial charge on any atom is 0.339 e. The second kappa shape index (κ2) is 10.1. The van der Waals surface area contributed by atoms with Crippen LogP contribution in [-0.2, 0) is 20.9 Å². The second-order valence-electron chi connectivity index (χ2n) is 5.67. The molecule has 0 aliphatic carbocycles. The molecule has 0 unspecified atom stereocenters. The van der Waals surface area contributed by atoms with E-state index in [1.54, 1.807) is 68.6 Å². The quantitative estimate of drug-likeness (QED) is 0.731. The smallest absolute Gasteiger partial charge is 0.339 e. The van der Waals surface area contributed by atoms with Crippen molar-refractivity contribution >= 4 is 17.9 Å². The van der Waals surface area contributed by atoms with Crippen LogP contribution in [0.1, 0.15) is 34.5 Å². The molecule has 7 nitrogen and oxygen atoms in total. The first kappa shape index (κ1) is 20.1. The number of methoxy groups -OCH3 is 1. The summed E-state index contributed by atoms with van der Waals surface area (Å²) in [5.74, 6) is -1.39. The number of hydrogen-bond donors (Lipinski definition) is 2. The topological polar surface area (TPSA) is 93.7 Å². The Balaban J connectivity index is 2.17. The van der Waals surface area contributed by atoms with Crippen LogP contribution in [0.4, 0.5) is 4.79 Å². The molecule has 0 bridgehead atoms. The van der Waals surface area contributed by atoms with E-state index in [1.165, 1.54) is 0 Å². The number of urea groups is 1. The van der Waals surface area contributed by atoms with E-state index in [4.69, 9.17) is 9.47 Å². The number of carbonyl (C=O) groups excluding carboxylic acids is 3. The molecule has 0 aliphatic heterocycles. The molecule has 0 saturated carbocycles. The summed E-state index contributed by atoms with van der Waals surface area (Å²) in [6.45, 7) is 2.52. The molecule has 0 radical (unpaired) electrons. The number of amides is 3. The minimum atomic E-state index is -1.25. The minimum Gasteiger partial charge on any atom is -0.444 e. The fraction of sp³-hybridized carbons (Fsp3) is 0.250. The predicted molar refractivity (Wildman–Crippen MR) is 99.0 cm³/mol. The van der Waals surface area contributed by atoms with Gasteiger partial charge in [0.15, 0.2) is 0 Å². The van der Waals surface area contributed by atoms with Gasteiger partial charge in [-0.2, -0.15) is 0 Å². The van der Waals surface area contributed by atoms with Crippen molar-refractivity contribution in [1.82, 2.24) is 10.6 Å². The number of esters is 1. The zero-order valence-corrected chi connectivity index (χ0v) is 15.2. The highest BCUT2D eigenvalue weighted by atomic mass is 16.5. The third kappa shape index (κ3) is 5.93. The average Bonchev–Trinajstić information content (AvgIpc) is 2.67. The van der Waals surface area contributed by atoms with Crippen LogP contribution in [0.3, 0.4) is 0 Å². The van der Waals surface area contributed by atoms with Gasteiger partial charge in [0.1, 0.15) is 0 Å². The molecular formula is C20H22N2O5. The van der Waals surface area contributed by atoms with Crippen molar-refractivity contribution < 1.29 is 23.9 Å². The van der Waals surface area contributed by atoms with Crippen molar-refractivity contribution in [2.24, 2.45) is 0 Å². The first-order valence-electron chi connectivity index (χ1n) is 8.47. The summed E-state index contributed by atoms with van der Waals surface area (Å²) in [5, 5.41) is 4.64. The molecule has 0 spiro atoms. The lowest BCUT2D eigenvalue weighted by Gasteiger charge is -2.18. The Hall–Kier alpha value is -3.19. The lowest BCUT2D eigenvalue weighted by atomic mass is 10.1. The Morgan fingerprint density at radius 1 is 1.00 bits per heavy atom. The van der Waals surface area contributed by atoms with Crippen LogP contribution < -0.4 is 10.6 Å². The highest BCUT2D eigenvalue weighted by Gasteiger charge is 2.27. The molecule has 2 N–H and O–H groups in total. The molecule has 0 fully saturated rings. The van der Waals surface area contributed by atoms with Crippen molar-refractivity contribution in [2.75, 3.05) is 13.7 Å². The molecule has 0 aliphatic rings. The maximum absolute atomic E-state index is 12.5. The molecule has 2 rings (SSSR count). The third-order valence-corrected chi connectivity index (χ3v) is 3.64. The molecule has 0 heterocycles. The van der Waals surface area contributed by atoms with Gasteiger partial charge in [0.2, 0.25) is 6.10 Å². The van der Waals surface area contributed by atoms with Gasteiger partial charge in [-0.3, -0.25) is 10.1 Å². The molecule has 3 amide bonds. The van der Waals surface area contributed by atoms with E-state index in [2.05, 4.69) is 10.6 Å². The Bertz CT molecular complexity index is 775. The number of nitrogens with one attached hydrogen (secondary N) is 2. The average molecular weight is 370 g/mol. The SMILES string of the molecule is CCNC(=O)NC(=O)[C@@H](OC(=O)c1ccc(COC)cc1)c1ccccc1. The van der Waals surface area contributed by atoms with Crippen molar-refractivity contribution in [2.45, 2.75) is 19.6 Å². The van der Waals surface area contributed by atoms with E-state index in [9.17, 15) is 14.4 Å². The molecule has 0 aromatic heterocycles. The molecule has 142 valence electrons. The maximum atomic E-state index is 12.5.